The summed E-state index contributed by atoms with van der Waals surface area (Å²) < 4.78 is 31.6. The van der Waals surface area contributed by atoms with E-state index >= 15 is 0 Å². The molecule has 0 N–H and O–H groups in total. The molecule has 0 saturated heterocycles. The van der Waals surface area contributed by atoms with Crippen molar-refractivity contribution in [3.63, 3.8) is 0 Å². The van der Waals surface area contributed by atoms with Crippen molar-refractivity contribution in [2.75, 3.05) is 7.11 Å². The minimum Gasteiger partial charge on any atom is -0.377 e. The van der Waals surface area contributed by atoms with Gasteiger partial charge in [0.25, 0.3) is 0 Å². The molecular formula is C19H20O3S. The Morgan fingerprint density at radius 2 is 1.52 bits per heavy atom. The van der Waals surface area contributed by atoms with E-state index < -0.39 is 9.84 Å². The standard InChI is InChI=1S/C19H20O3S/c1-22-16-12-13-18(15-8-4-2-5-9-15)19(14-16)23(20,21)17-10-6-3-7-11-17/h2-11,14,16,18H,12-13H2,1H3/t16-,18+/m0/s1. The average Bonchev–Trinajstić information content (AvgIpc) is 2.62. The minimum atomic E-state index is -3.52. The summed E-state index contributed by atoms with van der Waals surface area (Å²) in [5, 5.41) is 0. The Labute approximate surface area is 137 Å². The Bertz CT molecular complexity index is 780. The van der Waals surface area contributed by atoms with Crippen LogP contribution in [-0.4, -0.2) is 21.6 Å². The summed E-state index contributed by atoms with van der Waals surface area (Å²) >= 11 is 0. The normalized spacial score (nSPS) is 21.7. The number of methoxy groups -OCH3 is 1. The van der Waals surface area contributed by atoms with Crippen molar-refractivity contribution in [2.24, 2.45) is 0 Å². The number of rotatable bonds is 4. The number of sulfone groups is 1. The van der Waals surface area contributed by atoms with Gasteiger partial charge in [-0.15, -0.1) is 0 Å². The largest absolute Gasteiger partial charge is 0.377 e. The molecule has 0 radical (unpaired) electrons. The van der Waals surface area contributed by atoms with Crippen LogP contribution in [0.25, 0.3) is 0 Å². The summed E-state index contributed by atoms with van der Waals surface area (Å²) in [5.74, 6) is -0.118. The van der Waals surface area contributed by atoms with E-state index in [-0.39, 0.29) is 12.0 Å². The smallest absolute Gasteiger partial charge is 0.203 e. The van der Waals surface area contributed by atoms with E-state index in [2.05, 4.69) is 0 Å². The van der Waals surface area contributed by atoms with Gasteiger partial charge >= 0.3 is 0 Å². The first-order chi connectivity index (χ1) is 11.1. The van der Waals surface area contributed by atoms with Gasteiger partial charge in [0.2, 0.25) is 9.84 Å². The third-order valence-corrected chi connectivity index (χ3v) is 6.24. The van der Waals surface area contributed by atoms with Gasteiger partial charge in [-0.3, -0.25) is 0 Å². The van der Waals surface area contributed by atoms with Gasteiger partial charge in [0.15, 0.2) is 0 Å². The molecule has 0 aromatic heterocycles. The molecule has 4 heteroatoms. The van der Waals surface area contributed by atoms with Crippen LogP contribution < -0.4 is 0 Å². The Morgan fingerprint density at radius 3 is 2.13 bits per heavy atom. The summed E-state index contributed by atoms with van der Waals surface area (Å²) in [4.78, 5) is 0.789. The highest BCUT2D eigenvalue weighted by atomic mass is 32.2. The first-order valence-corrected chi connectivity index (χ1v) is 9.21. The van der Waals surface area contributed by atoms with Crippen LogP contribution in [0.1, 0.15) is 24.3 Å². The van der Waals surface area contributed by atoms with Crippen LogP contribution in [-0.2, 0) is 14.6 Å². The molecule has 0 spiro atoms. The molecule has 1 aliphatic carbocycles. The zero-order valence-corrected chi connectivity index (χ0v) is 13.9. The van der Waals surface area contributed by atoms with Gasteiger partial charge in [0, 0.05) is 13.0 Å². The van der Waals surface area contributed by atoms with E-state index in [1.165, 1.54) is 0 Å². The van der Waals surface area contributed by atoms with Crippen molar-refractivity contribution in [3.8, 4) is 0 Å². The van der Waals surface area contributed by atoms with E-state index in [9.17, 15) is 8.42 Å². The Balaban J connectivity index is 2.09. The van der Waals surface area contributed by atoms with Gasteiger partial charge < -0.3 is 4.74 Å². The van der Waals surface area contributed by atoms with Gasteiger partial charge in [0.05, 0.1) is 15.9 Å². The molecule has 23 heavy (non-hydrogen) atoms. The maximum atomic E-state index is 13.1. The number of hydrogen-bond donors (Lipinski definition) is 0. The zero-order valence-electron chi connectivity index (χ0n) is 13.1. The Morgan fingerprint density at radius 1 is 0.913 bits per heavy atom. The number of hydrogen-bond acceptors (Lipinski definition) is 3. The molecular weight excluding hydrogens is 308 g/mol. The SMILES string of the molecule is CO[C@@H]1C=C(S(=O)(=O)c2ccccc2)[C@@H](c2ccccc2)CC1. The van der Waals surface area contributed by atoms with Crippen molar-refractivity contribution in [3.05, 3.63) is 77.2 Å². The topological polar surface area (TPSA) is 43.4 Å². The molecule has 1 aliphatic rings. The number of allylic oxidation sites excluding steroid dienone is 1. The van der Waals surface area contributed by atoms with Crippen LogP contribution in [0.4, 0.5) is 0 Å². The zero-order chi connectivity index (χ0) is 16.3. The number of ether oxygens (including phenoxy) is 1. The van der Waals surface area contributed by atoms with Gasteiger partial charge in [-0.1, -0.05) is 48.5 Å². The van der Waals surface area contributed by atoms with Crippen LogP contribution in [0.15, 0.2) is 76.5 Å². The molecule has 2 atom stereocenters. The highest BCUT2D eigenvalue weighted by molar-refractivity contribution is 7.95. The first kappa shape index (κ1) is 16.0. The van der Waals surface area contributed by atoms with Crippen molar-refractivity contribution in [2.45, 2.75) is 29.8 Å². The fourth-order valence-electron chi connectivity index (χ4n) is 3.07. The predicted molar refractivity (Wildman–Crippen MR) is 90.9 cm³/mol. The molecule has 3 nitrogen and oxygen atoms in total. The molecule has 0 unspecified atom stereocenters. The molecule has 0 fully saturated rings. The van der Waals surface area contributed by atoms with Gasteiger partial charge in [0.1, 0.15) is 0 Å². The third kappa shape index (κ3) is 3.23. The lowest BCUT2D eigenvalue weighted by molar-refractivity contribution is 0.125. The fourth-order valence-corrected chi connectivity index (χ4v) is 4.82. The average molecular weight is 328 g/mol. The van der Waals surface area contributed by atoms with Gasteiger partial charge in [-0.25, -0.2) is 8.42 Å². The van der Waals surface area contributed by atoms with Crippen LogP contribution in [0, 0.1) is 0 Å². The fraction of sp³-hybridized carbons (Fsp3) is 0.263. The summed E-state index contributed by atoms with van der Waals surface area (Å²) in [6, 6.07) is 18.4. The van der Waals surface area contributed by atoms with Crippen LogP contribution in [0.3, 0.4) is 0 Å². The van der Waals surface area contributed by atoms with Gasteiger partial charge in [-0.2, -0.15) is 0 Å². The van der Waals surface area contributed by atoms with Gasteiger partial charge in [-0.05, 0) is 36.6 Å². The second-order valence-corrected chi connectivity index (χ2v) is 7.65. The highest BCUT2D eigenvalue weighted by Crippen LogP contribution is 2.40. The second kappa shape index (κ2) is 6.69. The first-order valence-electron chi connectivity index (χ1n) is 7.72. The van der Waals surface area contributed by atoms with Crippen molar-refractivity contribution in [1.82, 2.24) is 0 Å². The molecule has 120 valence electrons. The second-order valence-electron chi connectivity index (χ2n) is 5.70. The lowest BCUT2D eigenvalue weighted by atomic mass is 9.88. The van der Waals surface area contributed by atoms with E-state index in [1.807, 2.05) is 36.4 Å². The maximum Gasteiger partial charge on any atom is 0.203 e. The van der Waals surface area contributed by atoms with E-state index in [0.717, 1.165) is 18.4 Å². The maximum absolute atomic E-state index is 13.1. The predicted octanol–water partition coefficient (Wildman–Crippen LogP) is 3.94. The molecule has 3 rings (SSSR count). The highest BCUT2D eigenvalue weighted by Gasteiger charge is 2.33. The lowest BCUT2D eigenvalue weighted by Crippen LogP contribution is -2.23. The summed E-state index contributed by atoms with van der Waals surface area (Å²) in [7, 11) is -1.90. The minimum absolute atomic E-state index is 0.118. The van der Waals surface area contributed by atoms with Crippen LogP contribution >= 0.6 is 0 Å². The summed E-state index contributed by atoms with van der Waals surface area (Å²) in [6.45, 7) is 0. The van der Waals surface area contributed by atoms with E-state index in [0.29, 0.717) is 9.80 Å². The monoisotopic (exact) mass is 328 g/mol. The van der Waals surface area contributed by atoms with Crippen molar-refractivity contribution < 1.29 is 13.2 Å². The number of benzene rings is 2. The summed E-state index contributed by atoms with van der Waals surface area (Å²) in [5.41, 5.74) is 1.04. The van der Waals surface area contributed by atoms with Crippen molar-refractivity contribution >= 4 is 9.84 Å². The Hall–Kier alpha value is -1.91. The van der Waals surface area contributed by atoms with E-state index in [4.69, 9.17) is 4.74 Å². The third-order valence-electron chi connectivity index (χ3n) is 4.30. The van der Waals surface area contributed by atoms with Crippen LogP contribution in [0.2, 0.25) is 0 Å². The summed E-state index contributed by atoms with van der Waals surface area (Å²) in [6.07, 6.45) is 3.22. The van der Waals surface area contributed by atoms with Crippen LogP contribution in [0.5, 0.6) is 0 Å². The molecule has 2 aromatic carbocycles. The molecule has 0 aliphatic heterocycles. The van der Waals surface area contributed by atoms with E-state index in [1.54, 1.807) is 37.5 Å². The lowest BCUT2D eigenvalue weighted by Gasteiger charge is -2.28. The molecule has 2 aromatic rings. The molecule has 0 heterocycles. The quantitative estimate of drug-likeness (QED) is 0.854. The van der Waals surface area contributed by atoms with Crippen molar-refractivity contribution in [1.29, 1.82) is 0 Å². The Kier molecular flexibility index (Phi) is 4.64. The molecule has 0 saturated carbocycles. The molecule has 0 amide bonds. The molecule has 0 bridgehead atoms.